The summed E-state index contributed by atoms with van der Waals surface area (Å²) < 4.78 is 1.63. The molecule has 0 aliphatic carbocycles. The van der Waals surface area contributed by atoms with Gasteiger partial charge in [-0.15, -0.1) is 0 Å². The first-order valence-electron chi connectivity index (χ1n) is 3.30. The summed E-state index contributed by atoms with van der Waals surface area (Å²) in [6.45, 7) is 0.0222. The average molecular weight is 153 g/mol. The molecule has 0 saturated heterocycles. The van der Waals surface area contributed by atoms with E-state index in [2.05, 4.69) is 5.10 Å². The van der Waals surface area contributed by atoms with E-state index in [0.717, 1.165) is 5.56 Å². The Morgan fingerprint density at radius 3 is 3.00 bits per heavy atom. The minimum absolute atomic E-state index is 0.0222. The molecule has 1 aromatic heterocycles. The molecule has 0 radical (unpaired) electrons. The van der Waals surface area contributed by atoms with Crippen LogP contribution in [0.5, 0.6) is 0 Å². The second-order valence-electron chi connectivity index (χ2n) is 2.23. The van der Waals surface area contributed by atoms with Gasteiger partial charge in [-0.05, 0) is 0 Å². The van der Waals surface area contributed by atoms with Gasteiger partial charge in [-0.25, -0.2) is 0 Å². The third-order valence-electron chi connectivity index (χ3n) is 1.29. The second-order valence-corrected chi connectivity index (χ2v) is 2.23. The van der Waals surface area contributed by atoms with Crippen molar-refractivity contribution in [1.82, 2.24) is 9.78 Å². The van der Waals surface area contributed by atoms with E-state index >= 15 is 0 Å². The van der Waals surface area contributed by atoms with Crippen molar-refractivity contribution in [2.75, 3.05) is 12.3 Å². The molecule has 4 heteroatoms. The zero-order valence-electron chi connectivity index (χ0n) is 6.36. The first-order chi connectivity index (χ1) is 5.24. The molecular formula is C7H11N3O. The van der Waals surface area contributed by atoms with E-state index < -0.39 is 0 Å². The number of nitrogens with two attached hydrogens (primary N) is 1. The fourth-order valence-corrected chi connectivity index (χ4v) is 0.832. The number of anilines is 1. The summed E-state index contributed by atoms with van der Waals surface area (Å²) in [5, 5.41) is 12.4. The number of aryl methyl sites for hydroxylation is 1. The van der Waals surface area contributed by atoms with Crippen molar-refractivity contribution in [2.45, 2.75) is 0 Å². The van der Waals surface area contributed by atoms with Gasteiger partial charge >= 0.3 is 0 Å². The van der Waals surface area contributed by atoms with Crippen molar-refractivity contribution in [1.29, 1.82) is 0 Å². The molecule has 0 aromatic carbocycles. The number of hydrogen-bond donors (Lipinski definition) is 2. The maximum absolute atomic E-state index is 8.47. The van der Waals surface area contributed by atoms with E-state index in [4.69, 9.17) is 10.8 Å². The maximum Gasteiger partial charge on any atom is 0.152 e. The average Bonchev–Trinajstić information content (AvgIpc) is 2.26. The molecule has 0 aliphatic heterocycles. The van der Waals surface area contributed by atoms with Gasteiger partial charge in [-0.1, -0.05) is 12.2 Å². The minimum Gasteiger partial charge on any atom is -0.392 e. The van der Waals surface area contributed by atoms with Crippen LogP contribution in [-0.4, -0.2) is 21.5 Å². The molecular weight excluding hydrogens is 142 g/mol. The highest BCUT2D eigenvalue weighted by molar-refractivity contribution is 5.59. The summed E-state index contributed by atoms with van der Waals surface area (Å²) in [7, 11) is 1.80. The lowest BCUT2D eigenvalue weighted by Gasteiger charge is -1.84. The van der Waals surface area contributed by atoms with Gasteiger partial charge in [0.15, 0.2) is 5.82 Å². The highest BCUT2D eigenvalue weighted by Gasteiger charge is 1.97. The smallest absolute Gasteiger partial charge is 0.152 e. The topological polar surface area (TPSA) is 64.1 Å². The first kappa shape index (κ1) is 7.81. The summed E-state index contributed by atoms with van der Waals surface area (Å²) in [6.07, 6.45) is 5.15. The first-order valence-corrected chi connectivity index (χ1v) is 3.30. The standard InChI is InChI=1S/C7H11N3O/c1-10-5-6(3-2-4-11)7(8)9-10/h2-3,5,11H,4H2,1H3,(H2,8,9). The van der Waals surface area contributed by atoms with Crippen LogP contribution in [0.1, 0.15) is 5.56 Å². The Morgan fingerprint density at radius 1 is 1.82 bits per heavy atom. The summed E-state index contributed by atoms with van der Waals surface area (Å²) in [4.78, 5) is 0. The number of nitrogens with zero attached hydrogens (tertiary/aromatic N) is 2. The third kappa shape index (κ3) is 1.81. The molecule has 4 nitrogen and oxygen atoms in total. The van der Waals surface area contributed by atoms with Gasteiger partial charge in [0.25, 0.3) is 0 Å². The van der Waals surface area contributed by atoms with Crippen LogP contribution < -0.4 is 5.73 Å². The number of aliphatic hydroxyl groups is 1. The van der Waals surface area contributed by atoms with Crippen LogP contribution in [-0.2, 0) is 7.05 Å². The van der Waals surface area contributed by atoms with Gasteiger partial charge in [0.1, 0.15) is 0 Å². The molecule has 1 aromatic rings. The predicted octanol–water partition coefficient (Wildman–Crippen LogP) is 0.00780. The zero-order valence-corrected chi connectivity index (χ0v) is 6.36. The van der Waals surface area contributed by atoms with Crippen LogP contribution in [0, 0.1) is 0 Å². The van der Waals surface area contributed by atoms with E-state index in [9.17, 15) is 0 Å². The van der Waals surface area contributed by atoms with E-state index in [1.165, 1.54) is 0 Å². The number of nitrogen functional groups attached to an aromatic ring is 1. The number of aromatic nitrogens is 2. The Bertz CT molecular complexity index is 265. The normalized spacial score (nSPS) is 11.1. The van der Waals surface area contributed by atoms with Crippen molar-refractivity contribution < 1.29 is 5.11 Å². The lowest BCUT2D eigenvalue weighted by Crippen LogP contribution is -1.90. The molecule has 0 bridgehead atoms. The Balaban J connectivity index is 2.85. The largest absolute Gasteiger partial charge is 0.392 e. The molecule has 1 rings (SSSR count). The predicted molar refractivity (Wildman–Crippen MR) is 43.7 cm³/mol. The molecule has 11 heavy (non-hydrogen) atoms. The van der Waals surface area contributed by atoms with Gasteiger partial charge in [-0.3, -0.25) is 4.68 Å². The zero-order chi connectivity index (χ0) is 8.27. The van der Waals surface area contributed by atoms with E-state index in [1.807, 2.05) is 0 Å². The van der Waals surface area contributed by atoms with E-state index in [0.29, 0.717) is 5.82 Å². The SMILES string of the molecule is Cn1cc(C=CCO)c(N)n1. The number of aliphatic hydroxyl groups excluding tert-OH is 1. The molecule has 0 fully saturated rings. The fraction of sp³-hybridized carbons (Fsp3) is 0.286. The number of hydrogen-bond acceptors (Lipinski definition) is 3. The van der Waals surface area contributed by atoms with E-state index in [1.54, 1.807) is 30.1 Å². The summed E-state index contributed by atoms with van der Waals surface area (Å²) in [5.74, 6) is 0.484. The Morgan fingerprint density at radius 2 is 2.55 bits per heavy atom. The molecule has 0 spiro atoms. The molecule has 0 amide bonds. The van der Waals surface area contributed by atoms with Gasteiger partial charge in [-0.2, -0.15) is 5.10 Å². The molecule has 60 valence electrons. The monoisotopic (exact) mass is 153 g/mol. The van der Waals surface area contributed by atoms with E-state index in [-0.39, 0.29) is 6.61 Å². The lowest BCUT2D eigenvalue weighted by molar-refractivity contribution is 0.343. The summed E-state index contributed by atoms with van der Waals surface area (Å²) in [6, 6.07) is 0. The third-order valence-corrected chi connectivity index (χ3v) is 1.29. The summed E-state index contributed by atoms with van der Waals surface area (Å²) in [5.41, 5.74) is 6.35. The van der Waals surface area contributed by atoms with Gasteiger partial charge < -0.3 is 10.8 Å². The van der Waals surface area contributed by atoms with Crippen molar-refractivity contribution in [3.8, 4) is 0 Å². The molecule has 0 saturated carbocycles. The molecule has 0 atom stereocenters. The fourth-order valence-electron chi connectivity index (χ4n) is 0.832. The Labute approximate surface area is 64.9 Å². The van der Waals surface area contributed by atoms with Crippen LogP contribution in [0.3, 0.4) is 0 Å². The summed E-state index contributed by atoms with van der Waals surface area (Å²) >= 11 is 0. The minimum atomic E-state index is 0.0222. The lowest BCUT2D eigenvalue weighted by atomic mass is 10.3. The molecule has 3 N–H and O–H groups in total. The highest BCUT2D eigenvalue weighted by atomic mass is 16.2. The van der Waals surface area contributed by atoms with Crippen LogP contribution in [0.2, 0.25) is 0 Å². The molecule has 0 aliphatic rings. The van der Waals surface area contributed by atoms with Gasteiger partial charge in [0.2, 0.25) is 0 Å². The number of rotatable bonds is 2. The Kier molecular flexibility index (Phi) is 2.28. The quantitative estimate of drug-likeness (QED) is 0.629. The molecule has 1 heterocycles. The van der Waals surface area contributed by atoms with Crippen molar-refractivity contribution >= 4 is 11.9 Å². The van der Waals surface area contributed by atoms with Crippen LogP contribution in [0.15, 0.2) is 12.3 Å². The van der Waals surface area contributed by atoms with Crippen LogP contribution in [0.4, 0.5) is 5.82 Å². The van der Waals surface area contributed by atoms with Crippen LogP contribution >= 0.6 is 0 Å². The van der Waals surface area contributed by atoms with Crippen LogP contribution in [0.25, 0.3) is 6.08 Å². The maximum atomic E-state index is 8.47. The van der Waals surface area contributed by atoms with Crippen molar-refractivity contribution in [3.05, 3.63) is 17.8 Å². The van der Waals surface area contributed by atoms with Crippen molar-refractivity contribution in [2.24, 2.45) is 7.05 Å². The highest BCUT2D eigenvalue weighted by Crippen LogP contribution is 2.09. The van der Waals surface area contributed by atoms with Gasteiger partial charge in [0, 0.05) is 18.8 Å². The second kappa shape index (κ2) is 3.21. The molecule has 0 unspecified atom stereocenters. The van der Waals surface area contributed by atoms with Gasteiger partial charge in [0.05, 0.1) is 6.61 Å². The Hall–Kier alpha value is -1.29. The van der Waals surface area contributed by atoms with Crippen molar-refractivity contribution in [3.63, 3.8) is 0 Å².